The highest BCUT2D eigenvalue weighted by Crippen LogP contribution is 2.40. The van der Waals surface area contributed by atoms with Gasteiger partial charge >= 0.3 is 0 Å². The molecule has 3 atom stereocenters. The Morgan fingerprint density at radius 3 is 2.25 bits per heavy atom. The number of hydrogen-bond acceptors (Lipinski definition) is 0. The summed E-state index contributed by atoms with van der Waals surface area (Å²) >= 11 is 0. The second-order valence-corrected chi connectivity index (χ2v) is 6.38. The molecule has 0 saturated heterocycles. The van der Waals surface area contributed by atoms with Crippen LogP contribution in [0.15, 0.2) is 11.9 Å². The first kappa shape index (κ1) is 13.7. The van der Waals surface area contributed by atoms with Crippen LogP contribution in [0.4, 0.5) is 4.39 Å². The van der Waals surface area contributed by atoms with E-state index in [0.717, 1.165) is 12.3 Å². The van der Waals surface area contributed by atoms with Gasteiger partial charge in [0.2, 0.25) is 0 Å². The van der Waals surface area contributed by atoms with E-state index in [0.29, 0.717) is 30.1 Å². The Balaban J connectivity index is 2.75. The van der Waals surface area contributed by atoms with Crippen LogP contribution >= 0.6 is 0 Å². The number of hydrogen-bond donors (Lipinski definition) is 0. The second kappa shape index (κ2) is 5.84. The highest BCUT2D eigenvalue weighted by molar-refractivity contribution is 5.05. The van der Waals surface area contributed by atoms with Crippen LogP contribution in [-0.2, 0) is 0 Å². The van der Waals surface area contributed by atoms with Crippen molar-refractivity contribution >= 4 is 0 Å². The van der Waals surface area contributed by atoms with E-state index in [1.807, 2.05) is 6.08 Å². The molecule has 3 unspecified atom stereocenters. The Morgan fingerprint density at radius 1 is 1.19 bits per heavy atom. The SMILES string of the molecule is CC(C)CC1C=C(F)CC(C)C1CC(C)C. The third-order valence-corrected chi connectivity index (χ3v) is 3.68. The molecule has 0 aromatic rings. The number of rotatable bonds is 4. The van der Waals surface area contributed by atoms with E-state index in [-0.39, 0.29) is 5.83 Å². The first-order valence-electron chi connectivity index (χ1n) is 6.76. The Labute approximate surface area is 100 Å². The summed E-state index contributed by atoms with van der Waals surface area (Å²) in [6.07, 6.45) is 4.94. The average Bonchev–Trinajstić information content (AvgIpc) is 2.09. The van der Waals surface area contributed by atoms with Crippen molar-refractivity contribution in [2.45, 2.75) is 53.9 Å². The fourth-order valence-electron chi connectivity index (χ4n) is 3.04. The minimum absolute atomic E-state index is 0.123. The summed E-state index contributed by atoms with van der Waals surface area (Å²) in [5.74, 6) is 3.16. The van der Waals surface area contributed by atoms with Crippen LogP contribution in [0, 0.1) is 29.6 Å². The summed E-state index contributed by atoms with van der Waals surface area (Å²) in [6.45, 7) is 11.2. The molecule has 0 nitrogen and oxygen atoms in total. The van der Waals surface area contributed by atoms with Crippen LogP contribution in [0.25, 0.3) is 0 Å². The van der Waals surface area contributed by atoms with E-state index in [4.69, 9.17) is 0 Å². The molecule has 16 heavy (non-hydrogen) atoms. The molecule has 94 valence electrons. The summed E-state index contributed by atoms with van der Waals surface area (Å²) in [6, 6.07) is 0. The van der Waals surface area contributed by atoms with Gasteiger partial charge in [0.25, 0.3) is 0 Å². The maximum Gasteiger partial charge on any atom is 0.0965 e. The van der Waals surface area contributed by atoms with E-state index in [1.54, 1.807) is 0 Å². The van der Waals surface area contributed by atoms with Gasteiger partial charge in [-0.1, -0.05) is 34.6 Å². The quantitative estimate of drug-likeness (QED) is 0.617. The third kappa shape index (κ3) is 3.92. The molecule has 0 amide bonds. The maximum absolute atomic E-state index is 13.5. The highest BCUT2D eigenvalue weighted by Gasteiger charge is 2.31. The van der Waals surface area contributed by atoms with Crippen molar-refractivity contribution in [2.24, 2.45) is 29.6 Å². The second-order valence-electron chi connectivity index (χ2n) is 6.38. The zero-order valence-electron chi connectivity index (χ0n) is 11.5. The summed E-state index contributed by atoms with van der Waals surface area (Å²) in [5, 5.41) is 0. The minimum atomic E-state index is 0.123. The van der Waals surface area contributed by atoms with Gasteiger partial charge in [-0.05, 0) is 48.5 Å². The van der Waals surface area contributed by atoms with Gasteiger partial charge in [-0.15, -0.1) is 0 Å². The first-order chi connectivity index (χ1) is 7.40. The van der Waals surface area contributed by atoms with E-state index in [9.17, 15) is 4.39 Å². The Bertz CT molecular complexity index is 240. The molecule has 0 heterocycles. The van der Waals surface area contributed by atoms with Gasteiger partial charge in [-0.3, -0.25) is 0 Å². The van der Waals surface area contributed by atoms with Gasteiger partial charge < -0.3 is 0 Å². The monoisotopic (exact) mass is 226 g/mol. The molecule has 0 saturated carbocycles. The summed E-state index contributed by atoms with van der Waals surface area (Å²) in [4.78, 5) is 0. The lowest BCUT2D eigenvalue weighted by Gasteiger charge is -2.35. The summed E-state index contributed by atoms with van der Waals surface area (Å²) in [7, 11) is 0. The molecular formula is C15H27F. The zero-order valence-corrected chi connectivity index (χ0v) is 11.5. The van der Waals surface area contributed by atoms with Crippen LogP contribution in [0.5, 0.6) is 0 Å². The van der Waals surface area contributed by atoms with Crippen LogP contribution in [0.2, 0.25) is 0 Å². The van der Waals surface area contributed by atoms with Gasteiger partial charge in [-0.2, -0.15) is 0 Å². The maximum atomic E-state index is 13.5. The lowest BCUT2D eigenvalue weighted by atomic mass is 9.70. The van der Waals surface area contributed by atoms with Crippen molar-refractivity contribution in [3.05, 3.63) is 11.9 Å². The molecule has 1 aliphatic rings. The molecule has 0 fully saturated rings. The Kier molecular flexibility index (Phi) is 5.01. The van der Waals surface area contributed by atoms with Crippen molar-refractivity contribution in [1.82, 2.24) is 0 Å². The van der Waals surface area contributed by atoms with Crippen LogP contribution < -0.4 is 0 Å². The van der Waals surface area contributed by atoms with Crippen molar-refractivity contribution in [3.63, 3.8) is 0 Å². The molecule has 1 heteroatoms. The Hall–Kier alpha value is -0.330. The van der Waals surface area contributed by atoms with Gasteiger partial charge in [0.05, 0.1) is 5.83 Å². The largest absolute Gasteiger partial charge is 0.212 e. The van der Waals surface area contributed by atoms with Gasteiger partial charge in [0.15, 0.2) is 0 Å². The topological polar surface area (TPSA) is 0 Å². The Morgan fingerprint density at radius 2 is 1.75 bits per heavy atom. The predicted octanol–water partition coefficient (Wildman–Crippen LogP) is 5.20. The van der Waals surface area contributed by atoms with Crippen LogP contribution in [0.3, 0.4) is 0 Å². The van der Waals surface area contributed by atoms with E-state index >= 15 is 0 Å². The molecule has 0 N–H and O–H groups in total. The zero-order chi connectivity index (χ0) is 12.3. The van der Waals surface area contributed by atoms with E-state index in [2.05, 4.69) is 34.6 Å². The molecule has 0 aliphatic heterocycles. The molecule has 0 spiro atoms. The summed E-state index contributed by atoms with van der Waals surface area (Å²) < 4.78 is 13.5. The first-order valence-corrected chi connectivity index (χ1v) is 6.76. The molecule has 0 radical (unpaired) electrons. The van der Waals surface area contributed by atoms with Crippen molar-refractivity contribution in [1.29, 1.82) is 0 Å². The fourth-order valence-corrected chi connectivity index (χ4v) is 3.04. The normalized spacial score (nSPS) is 31.0. The van der Waals surface area contributed by atoms with Gasteiger partial charge in [0, 0.05) is 6.42 Å². The third-order valence-electron chi connectivity index (χ3n) is 3.68. The smallest absolute Gasteiger partial charge is 0.0965 e. The van der Waals surface area contributed by atoms with Crippen LogP contribution in [-0.4, -0.2) is 0 Å². The molecule has 0 aromatic carbocycles. The molecule has 1 aliphatic carbocycles. The van der Waals surface area contributed by atoms with E-state index < -0.39 is 0 Å². The standard InChI is InChI=1S/C15H27F/c1-10(2)6-13-9-14(16)8-12(5)15(13)7-11(3)4/h9-13,15H,6-8H2,1-5H3. The average molecular weight is 226 g/mol. The van der Waals surface area contributed by atoms with Crippen molar-refractivity contribution in [2.75, 3.05) is 0 Å². The molecular weight excluding hydrogens is 199 g/mol. The van der Waals surface area contributed by atoms with Crippen LogP contribution in [0.1, 0.15) is 53.9 Å². The minimum Gasteiger partial charge on any atom is -0.212 e. The lowest BCUT2D eigenvalue weighted by molar-refractivity contribution is 0.185. The number of halogens is 1. The fraction of sp³-hybridized carbons (Fsp3) is 0.867. The molecule has 0 aromatic heterocycles. The predicted molar refractivity (Wildman–Crippen MR) is 68.9 cm³/mol. The molecule has 1 rings (SSSR count). The van der Waals surface area contributed by atoms with E-state index in [1.165, 1.54) is 6.42 Å². The van der Waals surface area contributed by atoms with Crippen molar-refractivity contribution in [3.8, 4) is 0 Å². The summed E-state index contributed by atoms with van der Waals surface area (Å²) in [5.41, 5.74) is 0. The highest BCUT2D eigenvalue weighted by atomic mass is 19.1. The van der Waals surface area contributed by atoms with Gasteiger partial charge in [-0.25, -0.2) is 4.39 Å². The molecule has 0 bridgehead atoms. The number of allylic oxidation sites excluding steroid dienone is 2. The lowest BCUT2D eigenvalue weighted by Crippen LogP contribution is -2.27. The van der Waals surface area contributed by atoms with Crippen molar-refractivity contribution < 1.29 is 4.39 Å². The van der Waals surface area contributed by atoms with Gasteiger partial charge in [0.1, 0.15) is 0 Å².